The SMILES string of the molecule is CCCCC(CC)COC(=O)c1ccc2nc(NNc3cc(C)c(N(CC)CC(CC)CCCC)cc3NC(C)=O)sc2c1. The summed E-state index contributed by atoms with van der Waals surface area (Å²) >= 11 is 1.45. The van der Waals surface area contributed by atoms with E-state index in [0.29, 0.717) is 34.8 Å². The molecule has 3 N–H and O–H groups in total. The van der Waals surface area contributed by atoms with E-state index in [9.17, 15) is 9.59 Å². The highest BCUT2D eigenvalue weighted by Crippen LogP contribution is 2.34. The first-order chi connectivity index (χ1) is 21.2. The van der Waals surface area contributed by atoms with Crippen molar-refractivity contribution in [3.05, 3.63) is 41.5 Å². The summed E-state index contributed by atoms with van der Waals surface area (Å²) in [5, 5.41) is 3.66. The van der Waals surface area contributed by atoms with E-state index in [0.717, 1.165) is 72.3 Å². The molecule has 3 rings (SSSR count). The van der Waals surface area contributed by atoms with Crippen LogP contribution in [0.1, 0.15) is 109 Å². The molecule has 2 atom stereocenters. The Balaban J connectivity index is 1.74. The lowest BCUT2D eigenvalue weighted by atomic mass is 9.98. The van der Waals surface area contributed by atoms with Crippen molar-refractivity contribution in [3.63, 3.8) is 0 Å². The van der Waals surface area contributed by atoms with E-state index in [4.69, 9.17) is 4.74 Å². The fraction of sp³-hybridized carbons (Fsp3) is 0.571. The van der Waals surface area contributed by atoms with Crippen molar-refractivity contribution in [1.82, 2.24) is 4.98 Å². The second-order valence-electron chi connectivity index (χ2n) is 11.8. The first-order valence-electron chi connectivity index (χ1n) is 16.5. The van der Waals surface area contributed by atoms with Gasteiger partial charge in [0, 0.05) is 25.7 Å². The van der Waals surface area contributed by atoms with E-state index in [-0.39, 0.29) is 11.9 Å². The first-order valence-corrected chi connectivity index (χ1v) is 17.3. The zero-order valence-electron chi connectivity index (χ0n) is 27.8. The molecule has 0 aliphatic heterocycles. The maximum Gasteiger partial charge on any atom is 0.338 e. The highest BCUT2D eigenvalue weighted by molar-refractivity contribution is 7.22. The number of carbonyl (C=O) groups excluding carboxylic acids is 2. The lowest BCUT2D eigenvalue weighted by molar-refractivity contribution is -0.114. The monoisotopic (exact) mass is 623 g/mol. The molecule has 0 saturated carbocycles. The van der Waals surface area contributed by atoms with Crippen LogP contribution in [-0.2, 0) is 9.53 Å². The van der Waals surface area contributed by atoms with Crippen molar-refractivity contribution < 1.29 is 14.3 Å². The Kier molecular flexibility index (Phi) is 14.2. The second kappa shape index (κ2) is 17.8. The molecule has 9 heteroatoms. The molecule has 2 aromatic carbocycles. The average molecular weight is 624 g/mol. The number of thiazole rings is 1. The van der Waals surface area contributed by atoms with Crippen molar-refractivity contribution in [3.8, 4) is 0 Å². The van der Waals surface area contributed by atoms with Gasteiger partial charge in [-0.3, -0.25) is 15.6 Å². The largest absolute Gasteiger partial charge is 0.462 e. The summed E-state index contributed by atoms with van der Waals surface area (Å²) in [6.45, 7) is 17.0. The Bertz CT molecular complexity index is 1360. The summed E-state index contributed by atoms with van der Waals surface area (Å²) in [5.41, 5.74) is 11.5. The van der Waals surface area contributed by atoms with Crippen LogP contribution < -0.4 is 21.1 Å². The third-order valence-electron chi connectivity index (χ3n) is 8.31. The number of hydrazine groups is 1. The molecule has 0 spiro atoms. The Morgan fingerprint density at radius 2 is 1.64 bits per heavy atom. The molecule has 0 aliphatic carbocycles. The number of nitrogens with one attached hydrogen (secondary N) is 3. The van der Waals surface area contributed by atoms with Gasteiger partial charge in [0.2, 0.25) is 11.0 Å². The smallest absolute Gasteiger partial charge is 0.338 e. The molecule has 0 fully saturated rings. The molecule has 1 heterocycles. The highest BCUT2D eigenvalue weighted by atomic mass is 32.1. The molecule has 1 aromatic heterocycles. The quantitative estimate of drug-likeness (QED) is 0.0904. The topological polar surface area (TPSA) is 95.6 Å². The molecule has 0 bridgehead atoms. The van der Waals surface area contributed by atoms with Gasteiger partial charge in [-0.15, -0.1) is 0 Å². The van der Waals surface area contributed by atoms with Crippen LogP contribution in [0.2, 0.25) is 0 Å². The normalized spacial score (nSPS) is 12.5. The van der Waals surface area contributed by atoms with Crippen LogP contribution >= 0.6 is 11.3 Å². The van der Waals surface area contributed by atoms with Crippen LogP contribution in [0.25, 0.3) is 10.2 Å². The van der Waals surface area contributed by atoms with E-state index in [2.05, 4.69) is 79.7 Å². The van der Waals surface area contributed by atoms with E-state index in [1.54, 1.807) is 6.07 Å². The standard InChI is InChI=1S/C35H53N5O3S/c1-8-13-15-26(10-3)22-40(12-5)32-21-30(36-25(7)41)31(19-24(32)6)38-39-35-37-29-18-17-28(20-33(29)44-35)34(42)43-23-27(11-4)16-14-9-2/h17-21,26-27,38H,8-16,22-23H2,1-7H3,(H,36,41)(H,37,39). The number of nitrogens with zero attached hydrogens (tertiary/aromatic N) is 2. The third kappa shape index (κ3) is 10.1. The van der Waals surface area contributed by atoms with E-state index < -0.39 is 0 Å². The van der Waals surface area contributed by atoms with Gasteiger partial charge in [-0.2, -0.15) is 0 Å². The molecular weight excluding hydrogens is 570 g/mol. The van der Waals surface area contributed by atoms with Crippen molar-refractivity contribution >= 4 is 55.6 Å². The minimum Gasteiger partial charge on any atom is -0.462 e. The minimum atomic E-state index is -0.296. The van der Waals surface area contributed by atoms with Gasteiger partial charge in [0.05, 0.1) is 33.8 Å². The van der Waals surface area contributed by atoms with Gasteiger partial charge in [0.15, 0.2) is 0 Å². The van der Waals surface area contributed by atoms with E-state index in [1.807, 2.05) is 12.1 Å². The Hall–Kier alpha value is -3.33. The molecule has 3 aromatic rings. The molecule has 8 nitrogen and oxygen atoms in total. The molecule has 1 amide bonds. The number of unbranched alkanes of at least 4 members (excludes halogenated alkanes) is 2. The van der Waals surface area contributed by atoms with Crippen molar-refractivity contribution in [1.29, 1.82) is 0 Å². The predicted molar refractivity (Wildman–Crippen MR) is 187 cm³/mol. The van der Waals surface area contributed by atoms with Crippen LogP contribution in [0.5, 0.6) is 0 Å². The summed E-state index contributed by atoms with van der Waals surface area (Å²) in [5.74, 6) is 0.612. The Labute approximate surface area is 268 Å². The van der Waals surface area contributed by atoms with Crippen LogP contribution in [0.3, 0.4) is 0 Å². The summed E-state index contributed by atoms with van der Waals surface area (Å²) in [6.07, 6.45) is 9.22. The Morgan fingerprint density at radius 3 is 2.27 bits per heavy atom. The number of ether oxygens (including phenoxy) is 1. The molecular formula is C35H53N5O3S. The number of carbonyl (C=O) groups is 2. The number of anilines is 4. The number of amides is 1. The zero-order chi connectivity index (χ0) is 32.1. The third-order valence-corrected chi connectivity index (χ3v) is 9.25. The number of esters is 1. The van der Waals surface area contributed by atoms with Gasteiger partial charge in [0.1, 0.15) is 0 Å². The molecule has 0 radical (unpaired) electrons. The summed E-state index contributed by atoms with van der Waals surface area (Å²) in [4.78, 5) is 32.0. The van der Waals surface area contributed by atoms with Gasteiger partial charge in [-0.05, 0) is 74.4 Å². The number of fused-ring (bicyclic) bond motifs is 1. The average Bonchev–Trinajstić information content (AvgIpc) is 3.43. The van der Waals surface area contributed by atoms with Gasteiger partial charge < -0.3 is 15.0 Å². The maximum atomic E-state index is 12.8. The number of rotatable bonds is 19. The molecule has 0 aliphatic rings. The van der Waals surface area contributed by atoms with Gasteiger partial charge in [-0.25, -0.2) is 9.78 Å². The molecule has 0 saturated heterocycles. The highest BCUT2D eigenvalue weighted by Gasteiger charge is 2.18. The summed E-state index contributed by atoms with van der Waals surface area (Å²) in [6, 6.07) is 9.61. The van der Waals surface area contributed by atoms with Crippen molar-refractivity contribution in [2.45, 2.75) is 99.8 Å². The Morgan fingerprint density at radius 1 is 0.932 bits per heavy atom. The molecule has 44 heavy (non-hydrogen) atoms. The lowest BCUT2D eigenvalue weighted by Crippen LogP contribution is -2.30. The van der Waals surface area contributed by atoms with Crippen molar-refractivity contribution in [2.24, 2.45) is 11.8 Å². The fourth-order valence-electron chi connectivity index (χ4n) is 5.46. The van der Waals surface area contributed by atoms with E-state index in [1.165, 1.54) is 37.5 Å². The number of aryl methyl sites for hydroxylation is 1. The number of benzene rings is 2. The number of aromatic nitrogens is 1. The van der Waals surface area contributed by atoms with Crippen LogP contribution in [0, 0.1) is 18.8 Å². The van der Waals surface area contributed by atoms with Crippen molar-refractivity contribution in [2.75, 3.05) is 40.8 Å². The van der Waals surface area contributed by atoms with Gasteiger partial charge in [0.25, 0.3) is 0 Å². The lowest BCUT2D eigenvalue weighted by Gasteiger charge is -2.30. The predicted octanol–water partition coefficient (Wildman–Crippen LogP) is 9.42. The van der Waals surface area contributed by atoms with Gasteiger partial charge >= 0.3 is 5.97 Å². The second-order valence-corrected chi connectivity index (χ2v) is 12.8. The molecule has 2 unspecified atom stereocenters. The maximum absolute atomic E-state index is 12.8. The van der Waals surface area contributed by atoms with Crippen LogP contribution in [0.15, 0.2) is 30.3 Å². The summed E-state index contributed by atoms with van der Waals surface area (Å²) in [7, 11) is 0. The summed E-state index contributed by atoms with van der Waals surface area (Å²) < 4.78 is 6.54. The molecule has 242 valence electrons. The zero-order valence-corrected chi connectivity index (χ0v) is 28.7. The fourth-order valence-corrected chi connectivity index (χ4v) is 6.32. The number of hydrogen-bond acceptors (Lipinski definition) is 8. The van der Waals surface area contributed by atoms with Crippen LogP contribution in [0.4, 0.5) is 22.2 Å². The van der Waals surface area contributed by atoms with Gasteiger partial charge in [-0.1, -0.05) is 77.6 Å². The first kappa shape index (κ1) is 35.2. The van der Waals surface area contributed by atoms with Crippen LogP contribution in [-0.4, -0.2) is 36.6 Å². The number of hydrogen-bond donors (Lipinski definition) is 3. The van der Waals surface area contributed by atoms with E-state index >= 15 is 0 Å². The minimum absolute atomic E-state index is 0.129.